The molecule has 2 heterocycles. The summed E-state index contributed by atoms with van der Waals surface area (Å²) >= 11 is 0. The Balaban J connectivity index is 1.78. The van der Waals surface area contributed by atoms with Crippen molar-refractivity contribution in [3.8, 4) is 0 Å². The molecule has 0 saturated heterocycles. The van der Waals surface area contributed by atoms with Crippen LogP contribution in [0.5, 0.6) is 0 Å². The van der Waals surface area contributed by atoms with Crippen molar-refractivity contribution >= 4 is 16.9 Å². The number of aromatic amines is 2. The Morgan fingerprint density at radius 2 is 2.10 bits per heavy atom. The van der Waals surface area contributed by atoms with Crippen LogP contribution in [0.15, 0.2) is 30.5 Å². The highest BCUT2D eigenvalue weighted by atomic mass is 16.2. The summed E-state index contributed by atoms with van der Waals surface area (Å²) in [6, 6.07) is 7.79. The number of hydrogen-bond acceptors (Lipinski definition) is 3. The Bertz CT molecular complexity index is 725. The van der Waals surface area contributed by atoms with Gasteiger partial charge in [-0.25, -0.2) is 9.97 Å². The summed E-state index contributed by atoms with van der Waals surface area (Å²) in [7, 11) is 1.74. The molecule has 2 aromatic heterocycles. The van der Waals surface area contributed by atoms with Gasteiger partial charge in [0.25, 0.3) is 5.91 Å². The fourth-order valence-electron chi connectivity index (χ4n) is 2.11. The minimum atomic E-state index is -0.106. The molecule has 3 rings (SSSR count). The van der Waals surface area contributed by atoms with Gasteiger partial charge in [0.05, 0.1) is 23.8 Å². The summed E-state index contributed by atoms with van der Waals surface area (Å²) in [6.45, 7) is 2.24. The molecular weight excluding hydrogens is 254 g/mol. The van der Waals surface area contributed by atoms with Crippen LogP contribution in [0, 0.1) is 6.92 Å². The van der Waals surface area contributed by atoms with Crippen molar-refractivity contribution in [3.05, 3.63) is 47.8 Å². The minimum Gasteiger partial charge on any atom is -0.340 e. The Morgan fingerprint density at radius 3 is 2.80 bits per heavy atom. The number of aryl methyl sites for hydroxylation is 1. The van der Waals surface area contributed by atoms with Gasteiger partial charge in [0.15, 0.2) is 0 Å². The molecule has 0 aliphatic rings. The van der Waals surface area contributed by atoms with Gasteiger partial charge in [-0.05, 0) is 19.1 Å². The van der Waals surface area contributed by atoms with E-state index in [9.17, 15) is 4.79 Å². The second-order valence-corrected chi connectivity index (χ2v) is 4.74. The van der Waals surface area contributed by atoms with E-state index >= 15 is 0 Å². The van der Waals surface area contributed by atoms with Crippen molar-refractivity contribution in [3.63, 3.8) is 0 Å². The molecule has 102 valence electrons. The molecule has 0 radical (unpaired) electrons. The van der Waals surface area contributed by atoms with Crippen LogP contribution in [0.2, 0.25) is 0 Å². The second-order valence-electron chi connectivity index (χ2n) is 4.74. The third kappa shape index (κ3) is 2.27. The quantitative estimate of drug-likeness (QED) is 0.762. The van der Waals surface area contributed by atoms with Gasteiger partial charge in [-0.2, -0.15) is 0 Å². The molecule has 3 aromatic rings. The number of carbonyl (C=O) groups is 1. The Hall–Kier alpha value is -2.63. The number of nitrogens with zero attached hydrogens (tertiary/aromatic N) is 3. The van der Waals surface area contributed by atoms with Gasteiger partial charge in [0, 0.05) is 7.05 Å². The summed E-state index contributed by atoms with van der Waals surface area (Å²) in [5, 5.41) is 0. The van der Waals surface area contributed by atoms with Crippen LogP contribution < -0.4 is 0 Å². The minimum absolute atomic E-state index is 0.106. The molecule has 0 unspecified atom stereocenters. The normalized spacial score (nSPS) is 10.9. The first-order chi connectivity index (χ1) is 9.63. The number of rotatable bonds is 3. The van der Waals surface area contributed by atoms with Crippen molar-refractivity contribution in [2.75, 3.05) is 7.05 Å². The largest absolute Gasteiger partial charge is 0.340 e. The van der Waals surface area contributed by atoms with Crippen molar-refractivity contribution < 1.29 is 4.79 Å². The SMILES string of the molecule is Cc1ncc(C(=O)N(C)Cc2nc3ccccc3[nH]2)[nH]1. The maximum absolute atomic E-state index is 12.2. The summed E-state index contributed by atoms with van der Waals surface area (Å²) in [6.07, 6.45) is 1.55. The number of amides is 1. The van der Waals surface area contributed by atoms with E-state index in [-0.39, 0.29) is 5.91 Å². The highest BCUT2D eigenvalue weighted by Crippen LogP contribution is 2.12. The van der Waals surface area contributed by atoms with Crippen LogP contribution in [-0.4, -0.2) is 37.8 Å². The first-order valence-electron chi connectivity index (χ1n) is 6.34. The first-order valence-corrected chi connectivity index (χ1v) is 6.34. The van der Waals surface area contributed by atoms with Gasteiger partial charge in [0.2, 0.25) is 0 Å². The lowest BCUT2D eigenvalue weighted by atomic mass is 10.3. The maximum Gasteiger partial charge on any atom is 0.272 e. The summed E-state index contributed by atoms with van der Waals surface area (Å²) in [5.74, 6) is 1.38. The molecule has 0 fully saturated rings. The zero-order chi connectivity index (χ0) is 14.1. The van der Waals surface area contributed by atoms with E-state index in [2.05, 4.69) is 19.9 Å². The van der Waals surface area contributed by atoms with Crippen molar-refractivity contribution in [1.29, 1.82) is 0 Å². The molecule has 0 saturated carbocycles. The zero-order valence-electron chi connectivity index (χ0n) is 11.3. The molecule has 0 aliphatic heterocycles. The van der Waals surface area contributed by atoms with E-state index in [0.717, 1.165) is 22.7 Å². The van der Waals surface area contributed by atoms with Crippen LogP contribution in [0.25, 0.3) is 11.0 Å². The van der Waals surface area contributed by atoms with E-state index < -0.39 is 0 Å². The number of imidazole rings is 2. The fourth-order valence-corrected chi connectivity index (χ4v) is 2.11. The molecule has 0 bridgehead atoms. The number of aromatic nitrogens is 4. The molecule has 0 aliphatic carbocycles. The van der Waals surface area contributed by atoms with Gasteiger partial charge in [-0.1, -0.05) is 12.1 Å². The molecule has 6 heteroatoms. The number of nitrogens with one attached hydrogen (secondary N) is 2. The van der Waals surface area contributed by atoms with Crippen LogP contribution in [-0.2, 0) is 6.54 Å². The number of carbonyl (C=O) groups excluding carboxylic acids is 1. The van der Waals surface area contributed by atoms with E-state index in [1.807, 2.05) is 31.2 Å². The second kappa shape index (κ2) is 4.80. The summed E-state index contributed by atoms with van der Waals surface area (Å²) in [4.78, 5) is 28.4. The molecule has 6 nitrogen and oxygen atoms in total. The standard InChI is InChI=1S/C14H15N5O/c1-9-15-7-12(16-9)14(20)19(2)8-13-17-10-5-3-4-6-11(10)18-13/h3-7H,8H2,1-2H3,(H,15,16)(H,17,18). The van der Waals surface area contributed by atoms with E-state index in [0.29, 0.717) is 12.2 Å². The van der Waals surface area contributed by atoms with Gasteiger partial charge in [-0.3, -0.25) is 4.79 Å². The zero-order valence-corrected chi connectivity index (χ0v) is 11.3. The molecule has 1 amide bonds. The predicted molar refractivity (Wildman–Crippen MR) is 75.2 cm³/mol. The first kappa shape index (κ1) is 12.4. The summed E-state index contributed by atoms with van der Waals surface area (Å²) in [5.41, 5.74) is 2.36. The average molecular weight is 269 g/mol. The van der Waals surface area contributed by atoms with Crippen LogP contribution in [0.4, 0.5) is 0 Å². The Morgan fingerprint density at radius 1 is 1.30 bits per heavy atom. The van der Waals surface area contributed by atoms with Crippen LogP contribution in [0.1, 0.15) is 22.1 Å². The lowest BCUT2D eigenvalue weighted by Crippen LogP contribution is -2.27. The highest BCUT2D eigenvalue weighted by Gasteiger charge is 2.15. The monoisotopic (exact) mass is 269 g/mol. The number of para-hydroxylation sites is 2. The molecule has 20 heavy (non-hydrogen) atoms. The van der Waals surface area contributed by atoms with Crippen LogP contribution >= 0.6 is 0 Å². The lowest BCUT2D eigenvalue weighted by Gasteiger charge is -2.14. The van der Waals surface area contributed by atoms with Gasteiger partial charge >= 0.3 is 0 Å². The number of fused-ring (bicyclic) bond motifs is 1. The fraction of sp³-hybridized carbons (Fsp3) is 0.214. The molecule has 0 atom stereocenters. The maximum atomic E-state index is 12.2. The van der Waals surface area contributed by atoms with Crippen LogP contribution in [0.3, 0.4) is 0 Å². The molecule has 0 spiro atoms. The molecule has 2 N–H and O–H groups in total. The molecule has 1 aromatic carbocycles. The summed E-state index contributed by atoms with van der Waals surface area (Å²) < 4.78 is 0. The number of hydrogen-bond donors (Lipinski definition) is 2. The van der Waals surface area contributed by atoms with Crippen molar-refractivity contribution in [2.45, 2.75) is 13.5 Å². The smallest absolute Gasteiger partial charge is 0.272 e. The predicted octanol–water partition coefficient (Wildman–Crippen LogP) is 1.87. The Labute approximate surface area is 115 Å². The Kier molecular flexibility index (Phi) is 2.98. The third-order valence-electron chi connectivity index (χ3n) is 3.11. The van der Waals surface area contributed by atoms with Gasteiger partial charge in [-0.15, -0.1) is 0 Å². The number of benzene rings is 1. The van der Waals surface area contributed by atoms with E-state index in [1.165, 1.54) is 0 Å². The number of H-pyrrole nitrogens is 2. The third-order valence-corrected chi connectivity index (χ3v) is 3.11. The topological polar surface area (TPSA) is 77.7 Å². The lowest BCUT2D eigenvalue weighted by molar-refractivity contribution is 0.0776. The average Bonchev–Trinajstić information content (AvgIpc) is 3.03. The highest BCUT2D eigenvalue weighted by molar-refractivity contribution is 5.91. The van der Waals surface area contributed by atoms with Crippen molar-refractivity contribution in [2.24, 2.45) is 0 Å². The van der Waals surface area contributed by atoms with Crippen molar-refractivity contribution in [1.82, 2.24) is 24.8 Å². The van der Waals surface area contributed by atoms with E-state index in [4.69, 9.17) is 0 Å². The van der Waals surface area contributed by atoms with E-state index in [1.54, 1.807) is 18.1 Å². The molecular formula is C14H15N5O. The van der Waals surface area contributed by atoms with Gasteiger partial charge < -0.3 is 14.9 Å². The van der Waals surface area contributed by atoms with Gasteiger partial charge in [0.1, 0.15) is 17.3 Å².